The zero-order chi connectivity index (χ0) is 13.0. The number of rotatable bonds is 4. The minimum Gasteiger partial charge on any atom is -0.392 e. The Labute approximate surface area is 105 Å². The lowest BCUT2D eigenvalue weighted by Gasteiger charge is -2.23. The summed E-state index contributed by atoms with van der Waals surface area (Å²) in [6.07, 6.45) is 0.140. The van der Waals surface area contributed by atoms with Gasteiger partial charge in [0, 0.05) is 7.05 Å². The molecule has 0 spiro atoms. The van der Waals surface area contributed by atoms with Crippen molar-refractivity contribution in [2.45, 2.75) is 19.4 Å². The van der Waals surface area contributed by atoms with E-state index in [1.807, 2.05) is 0 Å². The third-order valence-electron chi connectivity index (χ3n) is 2.63. The van der Waals surface area contributed by atoms with Crippen LogP contribution in [-0.4, -0.2) is 28.9 Å². The Bertz CT molecular complexity index is 436. The lowest BCUT2D eigenvalue weighted by atomic mass is 10.1. The molecule has 17 heavy (non-hydrogen) atoms. The standard InChI is InChI=1S/C12H15FN2OS/c1-8(12(14)17)15(2)11(16)7-9-4-3-5-10(13)6-9/h3-6,8H,7H2,1-2H3,(H2,14,17). The van der Waals surface area contributed by atoms with Crippen LogP contribution in [0.3, 0.4) is 0 Å². The molecule has 1 aromatic rings. The zero-order valence-electron chi connectivity index (χ0n) is 9.81. The molecule has 0 bridgehead atoms. The molecule has 0 saturated carbocycles. The van der Waals surface area contributed by atoms with Crippen LogP contribution in [0.1, 0.15) is 12.5 Å². The number of nitrogens with two attached hydrogens (primary N) is 1. The van der Waals surface area contributed by atoms with Crippen LogP contribution >= 0.6 is 12.2 Å². The molecule has 0 aliphatic rings. The van der Waals surface area contributed by atoms with Gasteiger partial charge in [-0.05, 0) is 24.6 Å². The fraction of sp³-hybridized carbons (Fsp3) is 0.333. The van der Waals surface area contributed by atoms with Crippen LogP contribution < -0.4 is 5.73 Å². The van der Waals surface area contributed by atoms with Crippen LogP contribution in [0.15, 0.2) is 24.3 Å². The lowest BCUT2D eigenvalue weighted by molar-refractivity contribution is -0.129. The molecule has 1 atom stereocenters. The van der Waals surface area contributed by atoms with Gasteiger partial charge < -0.3 is 10.6 Å². The highest BCUT2D eigenvalue weighted by Gasteiger charge is 2.17. The number of carbonyl (C=O) groups is 1. The van der Waals surface area contributed by atoms with Gasteiger partial charge in [-0.1, -0.05) is 24.4 Å². The molecule has 0 saturated heterocycles. The Hall–Kier alpha value is -1.49. The van der Waals surface area contributed by atoms with Gasteiger partial charge in [0.25, 0.3) is 0 Å². The average Bonchev–Trinajstić information content (AvgIpc) is 2.26. The second kappa shape index (κ2) is 5.72. The van der Waals surface area contributed by atoms with E-state index in [1.165, 1.54) is 17.0 Å². The quantitative estimate of drug-likeness (QED) is 0.828. The van der Waals surface area contributed by atoms with Crippen LogP contribution in [0, 0.1) is 5.82 Å². The molecule has 0 aromatic heterocycles. The molecule has 2 N–H and O–H groups in total. The first kappa shape index (κ1) is 13.6. The molecular formula is C12H15FN2OS. The molecule has 1 rings (SSSR count). The molecule has 92 valence electrons. The highest BCUT2D eigenvalue weighted by Crippen LogP contribution is 2.07. The van der Waals surface area contributed by atoms with E-state index in [-0.39, 0.29) is 29.2 Å². The van der Waals surface area contributed by atoms with Gasteiger partial charge in [0.15, 0.2) is 0 Å². The number of benzene rings is 1. The van der Waals surface area contributed by atoms with E-state index >= 15 is 0 Å². The van der Waals surface area contributed by atoms with Crippen molar-refractivity contribution in [3.8, 4) is 0 Å². The van der Waals surface area contributed by atoms with E-state index in [0.717, 1.165) is 0 Å². The smallest absolute Gasteiger partial charge is 0.227 e. The van der Waals surface area contributed by atoms with Crippen LogP contribution in [-0.2, 0) is 11.2 Å². The van der Waals surface area contributed by atoms with Crippen molar-refractivity contribution in [3.63, 3.8) is 0 Å². The minimum atomic E-state index is -0.347. The maximum atomic E-state index is 12.9. The highest BCUT2D eigenvalue weighted by molar-refractivity contribution is 7.80. The molecule has 3 nitrogen and oxygen atoms in total. The van der Waals surface area contributed by atoms with E-state index in [9.17, 15) is 9.18 Å². The van der Waals surface area contributed by atoms with Crippen molar-refractivity contribution < 1.29 is 9.18 Å². The molecule has 0 heterocycles. The predicted molar refractivity (Wildman–Crippen MR) is 69.1 cm³/mol. The van der Waals surface area contributed by atoms with Crippen molar-refractivity contribution >= 4 is 23.1 Å². The molecule has 1 unspecified atom stereocenters. The van der Waals surface area contributed by atoms with Gasteiger partial charge in [-0.2, -0.15) is 0 Å². The fourth-order valence-corrected chi connectivity index (χ4v) is 1.51. The second-order valence-corrected chi connectivity index (χ2v) is 4.36. The predicted octanol–water partition coefficient (Wildman–Crippen LogP) is 1.50. The maximum Gasteiger partial charge on any atom is 0.227 e. The van der Waals surface area contributed by atoms with Crippen LogP contribution in [0.25, 0.3) is 0 Å². The summed E-state index contributed by atoms with van der Waals surface area (Å²) in [5.74, 6) is -0.490. The molecule has 0 aliphatic heterocycles. The molecule has 1 aromatic carbocycles. The SMILES string of the molecule is CC(C(N)=S)N(C)C(=O)Cc1cccc(F)c1. The number of amides is 1. The largest absolute Gasteiger partial charge is 0.392 e. The number of carbonyl (C=O) groups excluding carboxylic acids is 1. The molecule has 0 fully saturated rings. The van der Waals surface area contributed by atoms with Gasteiger partial charge >= 0.3 is 0 Å². The van der Waals surface area contributed by atoms with Crippen molar-refractivity contribution in [3.05, 3.63) is 35.6 Å². The molecule has 1 amide bonds. The molecule has 5 heteroatoms. The lowest BCUT2D eigenvalue weighted by Crippen LogP contribution is -2.43. The minimum absolute atomic E-state index is 0.140. The van der Waals surface area contributed by atoms with E-state index < -0.39 is 0 Å². The summed E-state index contributed by atoms with van der Waals surface area (Å²) in [6.45, 7) is 1.76. The van der Waals surface area contributed by atoms with Crippen molar-refractivity contribution in [1.82, 2.24) is 4.90 Å². The normalized spacial score (nSPS) is 11.9. The number of hydrogen-bond acceptors (Lipinski definition) is 2. The summed E-state index contributed by atoms with van der Waals surface area (Å²) in [7, 11) is 1.63. The third kappa shape index (κ3) is 3.78. The Morgan fingerprint density at radius 1 is 1.59 bits per heavy atom. The first-order valence-corrected chi connectivity index (χ1v) is 5.62. The Balaban J connectivity index is 2.69. The first-order chi connectivity index (χ1) is 7.91. The van der Waals surface area contributed by atoms with Crippen molar-refractivity contribution in [1.29, 1.82) is 0 Å². The van der Waals surface area contributed by atoms with Crippen molar-refractivity contribution in [2.75, 3.05) is 7.05 Å². The summed E-state index contributed by atoms with van der Waals surface area (Å²) < 4.78 is 12.9. The highest BCUT2D eigenvalue weighted by atomic mass is 32.1. The average molecular weight is 254 g/mol. The van der Waals surface area contributed by atoms with Gasteiger partial charge in [0.05, 0.1) is 17.5 Å². The van der Waals surface area contributed by atoms with E-state index in [0.29, 0.717) is 5.56 Å². The monoisotopic (exact) mass is 254 g/mol. The molecular weight excluding hydrogens is 239 g/mol. The summed E-state index contributed by atoms with van der Waals surface area (Å²) in [4.78, 5) is 13.6. The summed E-state index contributed by atoms with van der Waals surface area (Å²) in [5.41, 5.74) is 6.11. The van der Waals surface area contributed by atoms with Crippen LogP contribution in [0.4, 0.5) is 4.39 Å². The Morgan fingerprint density at radius 2 is 2.24 bits per heavy atom. The summed E-state index contributed by atoms with van der Waals surface area (Å²) >= 11 is 4.82. The number of hydrogen-bond donors (Lipinski definition) is 1. The topological polar surface area (TPSA) is 46.3 Å². The summed E-state index contributed by atoms with van der Waals surface area (Å²) in [5, 5.41) is 0. The Morgan fingerprint density at radius 3 is 2.76 bits per heavy atom. The fourth-order valence-electron chi connectivity index (χ4n) is 1.35. The molecule has 0 radical (unpaired) electrons. The maximum absolute atomic E-state index is 12.9. The van der Waals surface area contributed by atoms with Crippen LogP contribution in [0.5, 0.6) is 0 Å². The van der Waals surface area contributed by atoms with E-state index in [2.05, 4.69) is 0 Å². The van der Waals surface area contributed by atoms with Gasteiger partial charge in [0.2, 0.25) is 5.91 Å². The first-order valence-electron chi connectivity index (χ1n) is 5.21. The Kier molecular flexibility index (Phi) is 4.57. The van der Waals surface area contributed by atoms with Gasteiger partial charge in [-0.3, -0.25) is 4.79 Å². The van der Waals surface area contributed by atoms with Crippen LogP contribution in [0.2, 0.25) is 0 Å². The van der Waals surface area contributed by atoms with Gasteiger partial charge in [-0.15, -0.1) is 0 Å². The van der Waals surface area contributed by atoms with E-state index in [4.69, 9.17) is 18.0 Å². The summed E-state index contributed by atoms with van der Waals surface area (Å²) in [6, 6.07) is 5.67. The zero-order valence-corrected chi connectivity index (χ0v) is 10.6. The second-order valence-electron chi connectivity index (χ2n) is 3.89. The number of halogens is 1. The third-order valence-corrected chi connectivity index (χ3v) is 2.97. The van der Waals surface area contributed by atoms with Gasteiger partial charge in [0.1, 0.15) is 5.82 Å². The van der Waals surface area contributed by atoms with E-state index in [1.54, 1.807) is 26.1 Å². The number of nitrogens with zero attached hydrogens (tertiary/aromatic N) is 1. The molecule has 0 aliphatic carbocycles. The number of likely N-dealkylation sites (N-methyl/N-ethyl adjacent to an activating group) is 1. The number of thiocarbonyl (C=S) groups is 1. The van der Waals surface area contributed by atoms with Crippen molar-refractivity contribution in [2.24, 2.45) is 5.73 Å². The van der Waals surface area contributed by atoms with Gasteiger partial charge in [-0.25, -0.2) is 4.39 Å².